The van der Waals surface area contributed by atoms with Gasteiger partial charge in [-0.15, -0.1) is 11.8 Å². The molecule has 1 unspecified atom stereocenters. The molecule has 0 fully saturated rings. The number of carbonyl (C=O) groups is 1. The summed E-state index contributed by atoms with van der Waals surface area (Å²) in [5.41, 5.74) is 1.58. The summed E-state index contributed by atoms with van der Waals surface area (Å²) in [6.07, 6.45) is -3.51. The van der Waals surface area contributed by atoms with Crippen LogP contribution in [0.2, 0.25) is 0 Å². The second kappa shape index (κ2) is 8.58. The van der Waals surface area contributed by atoms with Crippen molar-refractivity contribution in [3.05, 3.63) is 92.6 Å². The van der Waals surface area contributed by atoms with E-state index in [9.17, 15) is 27.9 Å². The van der Waals surface area contributed by atoms with Crippen LogP contribution in [0, 0.1) is 12.7 Å². The van der Waals surface area contributed by atoms with Crippen molar-refractivity contribution in [2.75, 3.05) is 11.7 Å². The molecule has 2 aliphatic rings. The van der Waals surface area contributed by atoms with Crippen LogP contribution in [0.15, 0.2) is 58.4 Å². The maximum atomic E-state index is 15.0. The molecule has 188 valence electrons. The van der Waals surface area contributed by atoms with Crippen LogP contribution < -0.4 is 10.4 Å². The molecular formula is C25H21F4N3O3S. The minimum Gasteiger partial charge on any atom is -0.502 e. The molecule has 3 aromatic rings. The van der Waals surface area contributed by atoms with Crippen LogP contribution >= 0.6 is 11.8 Å². The number of halogens is 4. The molecule has 2 aromatic carbocycles. The average Bonchev–Trinajstić information content (AvgIpc) is 2.99. The van der Waals surface area contributed by atoms with E-state index in [-0.39, 0.29) is 0 Å². The Labute approximate surface area is 207 Å². The van der Waals surface area contributed by atoms with Gasteiger partial charge in [-0.05, 0) is 42.2 Å². The van der Waals surface area contributed by atoms with E-state index in [1.165, 1.54) is 39.8 Å². The maximum absolute atomic E-state index is 15.0. The lowest BCUT2D eigenvalue weighted by Gasteiger charge is -2.46. The topological polar surface area (TPSA) is 65.8 Å². The van der Waals surface area contributed by atoms with Gasteiger partial charge in [-0.1, -0.05) is 30.3 Å². The molecule has 1 aromatic heterocycles. The van der Waals surface area contributed by atoms with Gasteiger partial charge in [-0.2, -0.15) is 13.2 Å². The molecule has 0 spiro atoms. The van der Waals surface area contributed by atoms with Gasteiger partial charge < -0.3 is 10.0 Å². The van der Waals surface area contributed by atoms with E-state index in [1.807, 2.05) is 25.1 Å². The highest BCUT2D eigenvalue weighted by atomic mass is 32.2. The summed E-state index contributed by atoms with van der Waals surface area (Å²) < 4.78 is 57.6. The van der Waals surface area contributed by atoms with E-state index < -0.39 is 53.5 Å². The Morgan fingerprint density at radius 2 is 1.78 bits per heavy atom. The van der Waals surface area contributed by atoms with E-state index in [4.69, 9.17) is 0 Å². The Hall–Kier alpha value is -3.47. The molecule has 0 aliphatic carbocycles. The molecular weight excluding hydrogens is 498 g/mol. The van der Waals surface area contributed by atoms with Crippen molar-refractivity contribution >= 4 is 17.7 Å². The number of benzene rings is 2. The summed E-state index contributed by atoms with van der Waals surface area (Å²) in [4.78, 5) is 26.3. The molecule has 0 saturated carbocycles. The molecule has 2 aliphatic heterocycles. The number of alkyl halides is 3. The highest BCUT2D eigenvalue weighted by Gasteiger charge is 2.47. The zero-order chi connectivity index (χ0) is 25.9. The van der Waals surface area contributed by atoms with Crippen LogP contribution in [0.3, 0.4) is 0 Å². The number of pyridine rings is 1. The third kappa shape index (κ3) is 3.73. The van der Waals surface area contributed by atoms with Gasteiger partial charge in [0.15, 0.2) is 11.4 Å². The van der Waals surface area contributed by atoms with Crippen molar-refractivity contribution in [3.8, 4) is 5.75 Å². The third-order valence-corrected chi connectivity index (χ3v) is 7.88. The van der Waals surface area contributed by atoms with Crippen LogP contribution in [0.1, 0.15) is 45.7 Å². The van der Waals surface area contributed by atoms with Crippen LogP contribution in [0.25, 0.3) is 0 Å². The van der Waals surface area contributed by atoms with Gasteiger partial charge in [0.05, 0.1) is 6.04 Å². The van der Waals surface area contributed by atoms with E-state index in [0.717, 1.165) is 29.7 Å². The maximum Gasteiger partial charge on any atom is 0.408 e. The fraction of sp³-hybridized carbons (Fsp3) is 0.280. The van der Waals surface area contributed by atoms with Crippen LogP contribution in [0.4, 0.5) is 17.6 Å². The number of aromatic nitrogens is 1. The van der Waals surface area contributed by atoms with Crippen LogP contribution in [0.5, 0.6) is 5.75 Å². The summed E-state index contributed by atoms with van der Waals surface area (Å²) >= 11 is 1.29. The zero-order valence-electron chi connectivity index (χ0n) is 19.2. The van der Waals surface area contributed by atoms with E-state index >= 15 is 4.39 Å². The number of thioether (sulfide) groups is 1. The molecule has 1 N–H and O–H groups in total. The fourth-order valence-electron chi connectivity index (χ4n) is 4.74. The quantitative estimate of drug-likeness (QED) is 0.498. The summed E-state index contributed by atoms with van der Waals surface area (Å²) in [5, 5.41) is 12.0. The lowest BCUT2D eigenvalue weighted by Crippen LogP contribution is -2.60. The van der Waals surface area contributed by atoms with E-state index in [0.29, 0.717) is 21.1 Å². The number of hydrogen-bond acceptors (Lipinski definition) is 5. The van der Waals surface area contributed by atoms with E-state index in [1.54, 1.807) is 6.07 Å². The normalized spacial score (nSPS) is 18.3. The van der Waals surface area contributed by atoms with Crippen molar-refractivity contribution in [2.45, 2.75) is 42.8 Å². The van der Waals surface area contributed by atoms with Gasteiger partial charge in [0.2, 0.25) is 5.43 Å². The molecule has 1 amide bonds. The van der Waals surface area contributed by atoms with Gasteiger partial charge >= 0.3 is 6.18 Å². The summed E-state index contributed by atoms with van der Waals surface area (Å²) in [5.74, 6) is -2.11. The van der Waals surface area contributed by atoms with Crippen molar-refractivity contribution in [1.29, 1.82) is 0 Å². The number of rotatable bonds is 2. The van der Waals surface area contributed by atoms with Gasteiger partial charge in [-0.3, -0.25) is 19.3 Å². The number of hydrogen-bond donors (Lipinski definition) is 1. The second-order valence-corrected chi connectivity index (χ2v) is 9.77. The first-order valence-electron chi connectivity index (χ1n) is 11.1. The number of aryl methyl sites for hydroxylation is 1. The van der Waals surface area contributed by atoms with Crippen LogP contribution in [-0.2, 0) is 5.75 Å². The van der Waals surface area contributed by atoms with Gasteiger partial charge in [0.1, 0.15) is 18.5 Å². The monoisotopic (exact) mass is 519 g/mol. The van der Waals surface area contributed by atoms with Gasteiger partial charge in [0.25, 0.3) is 5.91 Å². The largest absolute Gasteiger partial charge is 0.502 e. The smallest absolute Gasteiger partial charge is 0.408 e. The third-order valence-electron chi connectivity index (χ3n) is 6.72. The standard InChI is InChI=1S/C25H21F4N3O3S/c1-13-5-3-6-15-17(13)11-36-23-16(7-4-8-18(23)26)20(15)32-12-30(14(2)25(27,28)29)24(35)21-22(34)19(33)9-10-31(21)32/h3-10,14,20,34H,11-12H2,1-2H3/t14-,20?/m1/s1. The molecule has 36 heavy (non-hydrogen) atoms. The summed E-state index contributed by atoms with van der Waals surface area (Å²) in [6, 6.07) is 8.08. The lowest BCUT2D eigenvalue weighted by atomic mass is 9.92. The SMILES string of the molecule is Cc1cccc2c1CSc1c(F)cccc1C2N1CN([C@H](C)C(F)(F)F)C(=O)c2c(O)c(=O)ccn21. The average molecular weight is 520 g/mol. The van der Waals surface area contributed by atoms with Gasteiger partial charge in [0, 0.05) is 22.9 Å². The highest BCUT2D eigenvalue weighted by molar-refractivity contribution is 7.98. The Bertz CT molecular complexity index is 1390. The molecule has 0 bridgehead atoms. The summed E-state index contributed by atoms with van der Waals surface area (Å²) in [6.45, 7) is 2.23. The van der Waals surface area contributed by atoms with Crippen molar-refractivity contribution < 1.29 is 27.5 Å². The first kappa shape index (κ1) is 24.2. The molecule has 2 atom stereocenters. The number of carbonyl (C=O) groups excluding carboxylic acids is 1. The molecule has 3 heterocycles. The predicted molar refractivity (Wildman–Crippen MR) is 126 cm³/mol. The first-order chi connectivity index (χ1) is 17.0. The van der Waals surface area contributed by atoms with E-state index in [2.05, 4.69) is 0 Å². The second-order valence-electron chi connectivity index (χ2n) is 8.79. The molecule has 6 nitrogen and oxygen atoms in total. The molecule has 11 heteroatoms. The lowest BCUT2D eigenvalue weighted by molar-refractivity contribution is -0.173. The minimum absolute atomic E-state index is 0.345. The Balaban J connectivity index is 1.81. The highest BCUT2D eigenvalue weighted by Crippen LogP contribution is 2.45. The first-order valence-corrected chi connectivity index (χ1v) is 12.1. The Morgan fingerprint density at radius 1 is 1.08 bits per heavy atom. The number of nitrogens with zero attached hydrogens (tertiary/aromatic N) is 3. The summed E-state index contributed by atoms with van der Waals surface area (Å²) in [7, 11) is 0. The number of fused-ring (bicyclic) bond motifs is 3. The van der Waals surface area contributed by atoms with Crippen molar-refractivity contribution in [2.24, 2.45) is 0 Å². The zero-order valence-corrected chi connectivity index (χ0v) is 20.0. The molecule has 0 saturated heterocycles. The minimum atomic E-state index is -4.76. The van der Waals surface area contributed by atoms with Crippen LogP contribution in [-0.4, -0.2) is 39.5 Å². The number of aromatic hydroxyl groups is 1. The fourth-order valence-corrected chi connectivity index (χ4v) is 5.98. The Morgan fingerprint density at radius 3 is 2.50 bits per heavy atom. The Kier molecular flexibility index (Phi) is 5.77. The van der Waals surface area contributed by atoms with Crippen molar-refractivity contribution in [1.82, 2.24) is 9.58 Å². The number of amides is 1. The molecule has 0 radical (unpaired) electrons. The predicted octanol–water partition coefficient (Wildman–Crippen LogP) is 4.70. The van der Waals surface area contributed by atoms with Crippen molar-refractivity contribution in [3.63, 3.8) is 0 Å². The van der Waals surface area contributed by atoms with Gasteiger partial charge in [-0.25, -0.2) is 4.39 Å². The molecule has 5 rings (SSSR count).